The van der Waals surface area contributed by atoms with Gasteiger partial charge >= 0.3 is 6.09 Å². The van der Waals surface area contributed by atoms with E-state index in [2.05, 4.69) is 5.32 Å². The summed E-state index contributed by atoms with van der Waals surface area (Å²) in [6.07, 6.45) is -0.239. The topological polar surface area (TPSA) is 72.8 Å². The number of carbonyl (C=O) groups is 1. The maximum Gasteiger partial charge on any atom is 0.404 e. The van der Waals surface area contributed by atoms with Crippen LogP contribution in [-0.2, 0) is 0 Å². The Morgan fingerprint density at radius 1 is 1.47 bits per heavy atom. The van der Waals surface area contributed by atoms with Crippen LogP contribution in [0.5, 0.6) is 0 Å². The zero-order valence-electron chi connectivity index (χ0n) is 9.74. The third-order valence-electron chi connectivity index (χ3n) is 3.36. The van der Waals surface area contributed by atoms with Crippen molar-refractivity contribution in [1.29, 1.82) is 0 Å². The third-order valence-corrected chi connectivity index (χ3v) is 3.36. The minimum atomic E-state index is -1.01. The van der Waals surface area contributed by atoms with Gasteiger partial charge in [-0.25, -0.2) is 4.79 Å². The quantitative estimate of drug-likeness (QED) is 0.654. The van der Waals surface area contributed by atoms with E-state index in [4.69, 9.17) is 5.11 Å². The van der Waals surface area contributed by atoms with Crippen molar-refractivity contribution in [3.8, 4) is 0 Å². The van der Waals surface area contributed by atoms with E-state index < -0.39 is 11.6 Å². The van der Waals surface area contributed by atoms with Gasteiger partial charge in [-0.05, 0) is 40.0 Å². The lowest BCUT2D eigenvalue weighted by Gasteiger charge is -2.35. The molecule has 0 aromatic rings. The summed E-state index contributed by atoms with van der Waals surface area (Å²) in [6, 6.07) is 0. The van der Waals surface area contributed by atoms with Crippen LogP contribution in [0.3, 0.4) is 0 Å². The average Bonchev–Trinajstić information content (AvgIpc) is 2.23. The van der Waals surface area contributed by atoms with Crippen molar-refractivity contribution in [2.45, 2.75) is 45.2 Å². The lowest BCUT2D eigenvalue weighted by molar-refractivity contribution is -0.196. The van der Waals surface area contributed by atoms with E-state index in [0.717, 1.165) is 6.42 Å². The summed E-state index contributed by atoms with van der Waals surface area (Å²) in [6.45, 7) is 8.14. The molecule has 1 heterocycles. The zero-order valence-corrected chi connectivity index (χ0v) is 9.74. The Kier molecular flexibility index (Phi) is 2.98. The molecule has 1 aliphatic heterocycles. The van der Waals surface area contributed by atoms with Crippen LogP contribution in [0.25, 0.3) is 0 Å². The molecule has 1 rings (SSSR count). The fourth-order valence-electron chi connectivity index (χ4n) is 2.42. The number of hydroxylamine groups is 2. The molecular formula is C10H20N2O3. The molecule has 15 heavy (non-hydrogen) atoms. The average molecular weight is 216 g/mol. The van der Waals surface area contributed by atoms with E-state index in [1.165, 1.54) is 5.06 Å². The van der Waals surface area contributed by atoms with Crippen molar-refractivity contribution in [1.82, 2.24) is 10.4 Å². The van der Waals surface area contributed by atoms with Gasteiger partial charge in [0.05, 0.1) is 0 Å². The van der Waals surface area contributed by atoms with Gasteiger partial charge in [0.15, 0.2) is 0 Å². The Labute approximate surface area is 90.0 Å². The number of amides is 1. The van der Waals surface area contributed by atoms with Gasteiger partial charge in [-0.3, -0.25) is 0 Å². The van der Waals surface area contributed by atoms with Crippen molar-refractivity contribution in [3.63, 3.8) is 0 Å². The number of hydrogen-bond acceptors (Lipinski definition) is 3. The number of rotatable bonds is 2. The minimum Gasteiger partial charge on any atom is -0.465 e. The van der Waals surface area contributed by atoms with Gasteiger partial charge in [0, 0.05) is 17.6 Å². The molecule has 1 aliphatic rings. The molecule has 1 amide bonds. The second kappa shape index (κ2) is 3.64. The molecule has 0 aromatic carbocycles. The Hall–Kier alpha value is -0.810. The fourth-order valence-corrected chi connectivity index (χ4v) is 2.42. The van der Waals surface area contributed by atoms with Crippen molar-refractivity contribution in [2.75, 3.05) is 6.54 Å². The molecule has 0 saturated carbocycles. The monoisotopic (exact) mass is 216 g/mol. The summed E-state index contributed by atoms with van der Waals surface area (Å²) in [4.78, 5) is 10.4. The lowest BCUT2D eigenvalue weighted by Crippen LogP contribution is -2.48. The molecule has 5 heteroatoms. The van der Waals surface area contributed by atoms with E-state index in [9.17, 15) is 10.0 Å². The molecule has 1 fully saturated rings. The molecule has 0 bridgehead atoms. The second-order valence-electron chi connectivity index (χ2n) is 5.37. The number of nitrogens with zero attached hydrogens (tertiary/aromatic N) is 1. The number of carboxylic acid groups (broad SMARTS) is 1. The van der Waals surface area contributed by atoms with Crippen molar-refractivity contribution in [3.05, 3.63) is 0 Å². The molecular weight excluding hydrogens is 196 g/mol. The fraction of sp³-hybridized carbons (Fsp3) is 0.900. The smallest absolute Gasteiger partial charge is 0.404 e. The van der Waals surface area contributed by atoms with Crippen LogP contribution >= 0.6 is 0 Å². The Morgan fingerprint density at radius 2 is 2.00 bits per heavy atom. The summed E-state index contributed by atoms with van der Waals surface area (Å²) in [7, 11) is 0. The first-order chi connectivity index (χ1) is 6.68. The van der Waals surface area contributed by atoms with Crippen LogP contribution in [0.1, 0.15) is 34.1 Å². The Bertz CT molecular complexity index is 263. The van der Waals surface area contributed by atoms with E-state index in [-0.39, 0.29) is 11.5 Å². The van der Waals surface area contributed by atoms with E-state index in [1.807, 2.05) is 27.7 Å². The van der Waals surface area contributed by atoms with Crippen LogP contribution in [0.2, 0.25) is 0 Å². The normalized spacial score (nSPS) is 29.0. The lowest BCUT2D eigenvalue weighted by atomic mass is 9.87. The van der Waals surface area contributed by atoms with Crippen molar-refractivity contribution in [2.24, 2.45) is 5.92 Å². The van der Waals surface area contributed by atoms with Gasteiger partial charge in [-0.2, -0.15) is 5.06 Å². The van der Waals surface area contributed by atoms with Gasteiger partial charge < -0.3 is 15.6 Å². The largest absolute Gasteiger partial charge is 0.465 e. The van der Waals surface area contributed by atoms with Crippen LogP contribution in [0, 0.1) is 5.92 Å². The van der Waals surface area contributed by atoms with Crippen LogP contribution in [0.4, 0.5) is 4.79 Å². The molecule has 0 aromatic heterocycles. The molecule has 1 unspecified atom stereocenters. The second-order valence-corrected chi connectivity index (χ2v) is 5.37. The Morgan fingerprint density at radius 3 is 2.33 bits per heavy atom. The first-order valence-corrected chi connectivity index (χ1v) is 5.14. The molecule has 0 radical (unpaired) electrons. The highest BCUT2D eigenvalue weighted by Crippen LogP contribution is 2.42. The van der Waals surface area contributed by atoms with Crippen LogP contribution in [-0.4, -0.2) is 39.1 Å². The molecule has 0 aliphatic carbocycles. The molecule has 5 nitrogen and oxygen atoms in total. The van der Waals surface area contributed by atoms with E-state index >= 15 is 0 Å². The summed E-state index contributed by atoms with van der Waals surface area (Å²) >= 11 is 0. The maximum absolute atomic E-state index is 10.4. The maximum atomic E-state index is 10.4. The summed E-state index contributed by atoms with van der Waals surface area (Å²) in [5.74, 6) is 0.119. The first kappa shape index (κ1) is 12.3. The third kappa shape index (κ3) is 2.23. The van der Waals surface area contributed by atoms with Crippen LogP contribution < -0.4 is 5.32 Å². The SMILES string of the molecule is CC1(C)CC(CNC(=O)O)C(C)(C)N1O. The highest BCUT2D eigenvalue weighted by atomic mass is 16.5. The predicted molar refractivity (Wildman–Crippen MR) is 55.9 cm³/mol. The van der Waals surface area contributed by atoms with Gasteiger partial charge in [-0.15, -0.1) is 0 Å². The van der Waals surface area contributed by atoms with Gasteiger partial charge in [0.25, 0.3) is 0 Å². The van der Waals surface area contributed by atoms with Gasteiger partial charge in [0.2, 0.25) is 0 Å². The molecule has 1 atom stereocenters. The standard InChI is InChI=1S/C10H20N2O3/c1-9(2)5-7(6-11-8(13)14)10(3,4)12(9)15/h7,11,15H,5-6H2,1-4H3,(H,13,14). The highest BCUT2D eigenvalue weighted by Gasteiger charge is 2.51. The van der Waals surface area contributed by atoms with E-state index in [1.54, 1.807) is 0 Å². The predicted octanol–water partition coefficient (Wildman–Crippen LogP) is 1.52. The molecule has 3 N–H and O–H groups in total. The Balaban J connectivity index is 2.71. The summed E-state index contributed by atoms with van der Waals surface area (Å²) in [5, 5.41) is 22.3. The molecule has 1 saturated heterocycles. The van der Waals surface area contributed by atoms with Crippen molar-refractivity contribution >= 4 is 6.09 Å². The zero-order chi connectivity index (χ0) is 11.9. The first-order valence-electron chi connectivity index (χ1n) is 5.14. The van der Waals surface area contributed by atoms with Gasteiger partial charge in [0.1, 0.15) is 0 Å². The van der Waals surface area contributed by atoms with Crippen molar-refractivity contribution < 1.29 is 15.1 Å². The summed E-state index contributed by atoms with van der Waals surface area (Å²) in [5.41, 5.74) is -0.694. The number of nitrogens with one attached hydrogen (secondary N) is 1. The highest BCUT2D eigenvalue weighted by molar-refractivity contribution is 5.64. The van der Waals surface area contributed by atoms with E-state index in [0.29, 0.717) is 6.54 Å². The van der Waals surface area contributed by atoms with Crippen LogP contribution in [0.15, 0.2) is 0 Å². The summed E-state index contributed by atoms with van der Waals surface area (Å²) < 4.78 is 0. The van der Waals surface area contributed by atoms with Gasteiger partial charge in [-0.1, -0.05) is 0 Å². The number of hydrogen-bond donors (Lipinski definition) is 3. The molecule has 88 valence electrons. The minimum absolute atomic E-state index is 0.119. The molecule has 0 spiro atoms.